The Morgan fingerprint density at radius 2 is 2.19 bits per heavy atom. The maximum absolute atomic E-state index is 10.2. The highest BCUT2D eigenvalue weighted by atomic mass is 79.9. The molecule has 1 aromatic rings. The van der Waals surface area contributed by atoms with Crippen LogP contribution in [0.4, 0.5) is 0 Å². The predicted molar refractivity (Wildman–Crippen MR) is 66.0 cm³/mol. The summed E-state index contributed by atoms with van der Waals surface area (Å²) in [6.45, 7) is 0. The van der Waals surface area contributed by atoms with Gasteiger partial charge in [-0.2, -0.15) is 5.26 Å². The second-order valence-electron chi connectivity index (χ2n) is 4.20. The van der Waals surface area contributed by atoms with Gasteiger partial charge in [-0.05, 0) is 46.5 Å². The molecule has 84 valence electrons. The average molecular weight is 301 g/mol. The van der Waals surface area contributed by atoms with Gasteiger partial charge in [0.2, 0.25) is 0 Å². The van der Waals surface area contributed by atoms with Gasteiger partial charge in [-0.1, -0.05) is 24.1 Å². The lowest BCUT2D eigenvalue weighted by Gasteiger charge is -2.39. The molecule has 0 saturated heterocycles. The third kappa shape index (κ3) is 1.86. The van der Waals surface area contributed by atoms with Crippen molar-refractivity contribution in [3.63, 3.8) is 0 Å². The zero-order valence-electron chi connectivity index (χ0n) is 8.58. The first-order valence-electron chi connectivity index (χ1n) is 5.13. The molecule has 1 aliphatic carbocycles. The van der Waals surface area contributed by atoms with E-state index in [9.17, 15) is 5.11 Å². The van der Waals surface area contributed by atoms with Crippen LogP contribution in [0.2, 0.25) is 5.02 Å². The van der Waals surface area contributed by atoms with E-state index in [2.05, 4.69) is 22.0 Å². The van der Waals surface area contributed by atoms with Gasteiger partial charge in [0.05, 0.1) is 22.6 Å². The summed E-state index contributed by atoms with van der Waals surface area (Å²) in [5.74, 6) is 0. The number of aliphatic hydroxyl groups is 1. The molecule has 1 unspecified atom stereocenters. The minimum atomic E-state index is -0.722. The van der Waals surface area contributed by atoms with E-state index in [-0.39, 0.29) is 0 Å². The number of hydrogen-bond donors (Lipinski definition) is 1. The Morgan fingerprint density at radius 1 is 1.50 bits per heavy atom. The van der Waals surface area contributed by atoms with Gasteiger partial charge in [0.15, 0.2) is 0 Å². The summed E-state index contributed by atoms with van der Waals surface area (Å²) in [7, 11) is 0. The minimum Gasteiger partial charge on any atom is -0.387 e. The number of halogens is 2. The molecule has 0 aliphatic heterocycles. The number of nitriles is 1. The van der Waals surface area contributed by atoms with Crippen molar-refractivity contribution in [1.29, 1.82) is 5.26 Å². The normalized spacial score (nSPS) is 19.6. The third-order valence-corrected chi connectivity index (χ3v) is 4.47. The molecule has 1 saturated carbocycles. The van der Waals surface area contributed by atoms with E-state index in [1.54, 1.807) is 18.2 Å². The van der Waals surface area contributed by atoms with Crippen LogP contribution in [0.5, 0.6) is 0 Å². The van der Waals surface area contributed by atoms with Crippen molar-refractivity contribution in [2.75, 3.05) is 0 Å². The monoisotopic (exact) mass is 299 g/mol. The van der Waals surface area contributed by atoms with Gasteiger partial charge in [0.1, 0.15) is 0 Å². The van der Waals surface area contributed by atoms with Crippen LogP contribution in [0.1, 0.15) is 30.9 Å². The van der Waals surface area contributed by atoms with E-state index < -0.39 is 11.5 Å². The van der Waals surface area contributed by atoms with Crippen molar-refractivity contribution >= 4 is 27.5 Å². The summed E-state index contributed by atoms with van der Waals surface area (Å²) in [6, 6.07) is 7.53. The van der Waals surface area contributed by atoms with Crippen LogP contribution in [0.15, 0.2) is 22.7 Å². The number of rotatable bonds is 2. The SMILES string of the molecule is N#CC1(C(O)c2ccc(Cl)c(Br)c2)CCC1. The maximum atomic E-state index is 10.2. The summed E-state index contributed by atoms with van der Waals surface area (Å²) in [4.78, 5) is 0. The standard InChI is InChI=1S/C12H11BrClNO/c13-9-6-8(2-3-10(9)14)11(16)12(7-15)4-1-5-12/h2-3,6,11,16H,1,4-5H2. The summed E-state index contributed by atoms with van der Waals surface area (Å²) in [6.07, 6.45) is 1.83. The highest BCUT2D eigenvalue weighted by molar-refractivity contribution is 9.10. The number of hydrogen-bond acceptors (Lipinski definition) is 2. The topological polar surface area (TPSA) is 44.0 Å². The molecule has 0 amide bonds. The smallest absolute Gasteiger partial charge is 0.0976 e. The van der Waals surface area contributed by atoms with E-state index in [0.29, 0.717) is 5.02 Å². The first kappa shape index (κ1) is 11.9. The van der Waals surface area contributed by atoms with Crippen molar-refractivity contribution < 1.29 is 5.11 Å². The fourth-order valence-electron chi connectivity index (χ4n) is 2.01. The molecule has 1 aromatic carbocycles. The van der Waals surface area contributed by atoms with E-state index in [1.165, 1.54) is 0 Å². The highest BCUT2D eigenvalue weighted by Crippen LogP contribution is 2.50. The molecule has 4 heteroatoms. The van der Waals surface area contributed by atoms with Gasteiger partial charge in [0, 0.05) is 4.47 Å². The summed E-state index contributed by atoms with van der Waals surface area (Å²) < 4.78 is 0.748. The molecule has 1 N–H and O–H groups in total. The van der Waals surface area contributed by atoms with Crippen molar-refractivity contribution in [1.82, 2.24) is 0 Å². The zero-order chi connectivity index (χ0) is 11.8. The largest absolute Gasteiger partial charge is 0.387 e. The molecular formula is C12H11BrClNO. The Balaban J connectivity index is 2.31. The van der Waals surface area contributed by atoms with Gasteiger partial charge >= 0.3 is 0 Å². The fraction of sp³-hybridized carbons (Fsp3) is 0.417. The molecule has 2 nitrogen and oxygen atoms in total. The fourth-order valence-corrected chi connectivity index (χ4v) is 2.52. The first-order chi connectivity index (χ1) is 7.59. The number of aliphatic hydroxyl groups excluding tert-OH is 1. The van der Waals surface area contributed by atoms with Gasteiger partial charge in [-0.25, -0.2) is 0 Å². The van der Waals surface area contributed by atoms with Crippen molar-refractivity contribution in [2.24, 2.45) is 5.41 Å². The molecule has 0 heterocycles. The summed E-state index contributed by atoms with van der Waals surface area (Å²) in [5.41, 5.74) is 0.158. The van der Waals surface area contributed by atoms with E-state index >= 15 is 0 Å². The van der Waals surface area contributed by atoms with E-state index in [0.717, 1.165) is 29.3 Å². The van der Waals surface area contributed by atoms with Crippen LogP contribution < -0.4 is 0 Å². The van der Waals surface area contributed by atoms with Crippen LogP contribution in [0.3, 0.4) is 0 Å². The zero-order valence-corrected chi connectivity index (χ0v) is 10.9. The summed E-state index contributed by atoms with van der Waals surface area (Å²) >= 11 is 9.20. The van der Waals surface area contributed by atoms with Crippen LogP contribution in [0, 0.1) is 16.7 Å². The lowest BCUT2D eigenvalue weighted by molar-refractivity contribution is 0.00792. The van der Waals surface area contributed by atoms with Crippen LogP contribution in [-0.4, -0.2) is 5.11 Å². The van der Waals surface area contributed by atoms with Gasteiger partial charge in [0.25, 0.3) is 0 Å². The van der Waals surface area contributed by atoms with E-state index in [1.807, 2.05) is 0 Å². The Bertz CT molecular complexity index is 451. The Hall–Kier alpha value is -0.560. The molecule has 0 radical (unpaired) electrons. The summed E-state index contributed by atoms with van der Waals surface area (Å²) in [5, 5.41) is 20.0. The minimum absolute atomic E-state index is 0.590. The van der Waals surface area contributed by atoms with Crippen LogP contribution in [0.25, 0.3) is 0 Å². The molecule has 0 spiro atoms. The molecule has 0 bridgehead atoms. The Kier molecular flexibility index (Phi) is 3.25. The molecule has 16 heavy (non-hydrogen) atoms. The molecule has 1 atom stereocenters. The van der Waals surface area contributed by atoms with Gasteiger partial charge in [-0.3, -0.25) is 0 Å². The second-order valence-corrected chi connectivity index (χ2v) is 5.46. The third-order valence-electron chi connectivity index (χ3n) is 3.25. The van der Waals surface area contributed by atoms with Gasteiger partial charge in [-0.15, -0.1) is 0 Å². The molecular weight excluding hydrogens is 289 g/mol. The van der Waals surface area contributed by atoms with Crippen LogP contribution in [-0.2, 0) is 0 Å². The highest BCUT2D eigenvalue weighted by Gasteiger charge is 2.44. The maximum Gasteiger partial charge on any atom is 0.0976 e. The molecule has 1 fully saturated rings. The van der Waals surface area contributed by atoms with Gasteiger partial charge < -0.3 is 5.11 Å². The van der Waals surface area contributed by atoms with Crippen molar-refractivity contribution in [3.05, 3.63) is 33.3 Å². The lowest BCUT2D eigenvalue weighted by atomic mass is 9.65. The average Bonchev–Trinajstić information content (AvgIpc) is 2.21. The first-order valence-corrected chi connectivity index (χ1v) is 6.30. The number of benzene rings is 1. The Labute approximate surface area is 108 Å². The van der Waals surface area contributed by atoms with Crippen LogP contribution >= 0.6 is 27.5 Å². The predicted octanol–water partition coefficient (Wildman–Crippen LogP) is 3.83. The second kappa shape index (κ2) is 4.37. The number of nitrogens with zero attached hydrogens (tertiary/aromatic N) is 1. The van der Waals surface area contributed by atoms with Crippen molar-refractivity contribution in [3.8, 4) is 6.07 Å². The van der Waals surface area contributed by atoms with E-state index in [4.69, 9.17) is 16.9 Å². The Morgan fingerprint density at radius 3 is 2.62 bits per heavy atom. The van der Waals surface area contributed by atoms with Crippen molar-refractivity contribution in [2.45, 2.75) is 25.4 Å². The quantitative estimate of drug-likeness (QED) is 0.902. The lowest BCUT2D eigenvalue weighted by Crippen LogP contribution is -2.34. The molecule has 2 rings (SSSR count). The molecule has 1 aliphatic rings. The molecule has 0 aromatic heterocycles.